The van der Waals surface area contributed by atoms with Gasteiger partial charge in [-0.3, -0.25) is 4.79 Å². The average Bonchev–Trinajstić information content (AvgIpc) is 3.19. The molecule has 3 aromatic rings. The predicted molar refractivity (Wildman–Crippen MR) is 76.9 cm³/mol. The van der Waals surface area contributed by atoms with Gasteiger partial charge < -0.3 is 14.3 Å². The van der Waals surface area contributed by atoms with Crippen LogP contribution < -0.4 is 5.32 Å². The zero-order valence-electron chi connectivity index (χ0n) is 11.3. The Morgan fingerprint density at radius 1 is 1.52 bits per heavy atom. The molecular weight excluding hydrogens is 290 g/mol. The Morgan fingerprint density at radius 2 is 2.43 bits per heavy atom. The van der Waals surface area contributed by atoms with Crippen molar-refractivity contribution in [2.45, 2.75) is 6.42 Å². The van der Waals surface area contributed by atoms with Crippen molar-refractivity contribution in [3.05, 3.63) is 41.8 Å². The molecule has 0 atom stereocenters. The number of thiophene rings is 1. The standard InChI is InChI=1S/C13H13N5O2S/c1-18-7-16-17-10(18)4-5-14-13(19)11-12(20-8-15-11)9-3-2-6-21-9/h2-3,6-8H,4-5H2,1H3,(H,14,19). The van der Waals surface area contributed by atoms with Crippen LogP contribution in [-0.4, -0.2) is 32.2 Å². The molecule has 0 spiro atoms. The highest BCUT2D eigenvalue weighted by Gasteiger charge is 2.18. The van der Waals surface area contributed by atoms with E-state index in [9.17, 15) is 4.79 Å². The molecule has 7 nitrogen and oxygen atoms in total. The molecule has 0 saturated carbocycles. The van der Waals surface area contributed by atoms with Gasteiger partial charge in [0, 0.05) is 20.0 Å². The van der Waals surface area contributed by atoms with Gasteiger partial charge in [0.05, 0.1) is 4.88 Å². The fraction of sp³-hybridized carbons (Fsp3) is 0.231. The quantitative estimate of drug-likeness (QED) is 0.772. The molecule has 0 saturated heterocycles. The van der Waals surface area contributed by atoms with Crippen molar-refractivity contribution in [3.8, 4) is 10.6 Å². The van der Waals surface area contributed by atoms with Gasteiger partial charge in [-0.25, -0.2) is 4.98 Å². The summed E-state index contributed by atoms with van der Waals surface area (Å²) < 4.78 is 7.13. The first-order valence-corrected chi connectivity index (χ1v) is 7.22. The summed E-state index contributed by atoms with van der Waals surface area (Å²) >= 11 is 1.50. The molecule has 0 radical (unpaired) electrons. The second kappa shape index (κ2) is 5.88. The molecule has 3 rings (SSSR count). The number of rotatable bonds is 5. The summed E-state index contributed by atoms with van der Waals surface area (Å²) in [7, 11) is 1.86. The summed E-state index contributed by atoms with van der Waals surface area (Å²) in [4.78, 5) is 17.0. The largest absolute Gasteiger partial charge is 0.442 e. The van der Waals surface area contributed by atoms with E-state index in [1.54, 1.807) is 6.33 Å². The Morgan fingerprint density at radius 3 is 3.14 bits per heavy atom. The number of hydrogen-bond donors (Lipinski definition) is 1. The van der Waals surface area contributed by atoms with Gasteiger partial charge >= 0.3 is 0 Å². The van der Waals surface area contributed by atoms with Crippen LogP contribution in [0.4, 0.5) is 0 Å². The molecule has 0 bridgehead atoms. The Kier molecular flexibility index (Phi) is 3.78. The molecule has 3 heterocycles. The van der Waals surface area contributed by atoms with Gasteiger partial charge in [0.2, 0.25) is 0 Å². The third-order valence-corrected chi connectivity index (χ3v) is 3.84. The zero-order valence-corrected chi connectivity index (χ0v) is 12.1. The minimum Gasteiger partial charge on any atom is -0.442 e. The molecule has 8 heteroatoms. The van der Waals surface area contributed by atoms with Crippen molar-refractivity contribution < 1.29 is 9.21 Å². The van der Waals surface area contributed by atoms with Crippen LogP contribution in [0.25, 0.3) is 10.6 Å². The predicted octanol–water partition coefficient (Wildman–Crippen LogP) is 1.50. The maximum Gasteiger partial charge on any atom is 0.273 e. The van der Waals surface area contributed by atoms with E-state index in [1.165, 1.54) is 17.7 Å². The van der Waals surface area contributed by atoms with Gasteiger partial charge in [0.1, 0.15) is 12.2 Å². The Bertz CT molecular complexity index is 731. The zero-order chi connectivity index (χ0) is 14.7. The highest BCUT2D eigenvalue weighted by molar-refractivity contribution is 7.13. The monoisotopic (exact) mass is 303 g/mol. The van der Waals surface area contributed by atoms with Crippen LogP contribution in [0.2, 0.25) is 0 Å². The van der Waals surface area contributed by atoms with Crippen molar-refractivity contribution in [3.63, 3.8) is 0 Å². The number of amides is 1. The number of aryl methyl sites for hydroxylation is 1. The van der Waals surface area contributed by atoms with E-state index in [0.29, 0.717) is 24.4 Å². The van der Waals surface area contributed by atoms with E-state index in [0.717, 1.165) is 10.7 Å². The minimum absolute atomic E-state index is 0.255. The number of carbonyl (C=O) groups excluding carboxylic acids is 1. The second-order valence-electron chi connectivity index (χ2n) is 4.37. The van der Waals surface area contributed by atoms with Gasteiger partial charge in [-0.15, -0.1) is 21.5 Å². The van der Waals surface area contributed by atoms with Gasteiger partial charge in [-0.2, -0.15) is 0 Å². The van der Waals surface area contributed by atoms with Crippen molar-refractivity contribution in [2.75, 3.05) is 6.54 Å². The van der Waals surface area contributed by atoms with Crippen molar-refractivity contribution in [2.24, 2.45) is 7.05 Å². The SMILES string of the molecule is Cn1cnnc1CCNC(=O)c1ncoc1-c1cccs1. The van der Waals surface area contributed by atoms with E-state index >= 15 is 0 Å². The van der Waals surface area contributed by atoms with E-state index < -0.39 is 0 Å². The van der Waals surface area contributed by atoms with Crippen LogP contribution in [0.5, 0.6) is 0 Å². The summed E-state index contributed by atoms with van der Waals surface area (Å²) in [5.41, 5.74) is 0.301. The molecule has 0 aliphatic heterocycles. The number of nitrogens with one attached hydrogen (secondary N) is 1. The number of carbonyl (C=O) groups is 1. The lowest BCUT2D eigenvalue weighted by Gasteiger charge is -2.03. The molecule has 1 N–H and O–H groups in total. The third-order valence-electron chi connectivity index (χ3n) is 2.97. The molecule has 1 amide bonds. The third kappa shape index (κ3) is 2.84. The molecule has 21 heavy (non-hydrogen) atoms. The molecule has 3 aromatic heterocycles. The first-order chi connectivity index (χ1) is 10.3. The van der Waals surface area contributed by atoms with Crippen molar-refractivity contribution in [1.82, 2.24) is 25.1 Å². The van der Waals surface area contributed by atoms with E-state index in [2.05, 4.69) is 20.5 Å². The maximum atomic E-state index is 12.2. The minimum atomic E-state index is -0.255. The molecule has 0 unspecified atom stereocenters. The van der Waals surface area contributed by atoms with Gasteiger partial charge in [0.15, 0.2) is 17.8 Å². The van der Waals surface area contributed by atoms with Crippen LogP contribution in [0.1, 0.15) is 16.3 Å². The van der Waals surface area contributed by atoms with Gasteiger partial charge in [0.25, 0.3) is 5.91 Å². The summed E-state index contributed by atoms with van der Waals surface area (Å²) in [6.07, 6.45) is 3.52. The molecule has 0 aliphatic carbocycles. The fourth-order valence-corrected chi connectivity index (χ4v) is 2.61. The number of nitrogens with zero attached hydrogens (tertiary/aromatic N) is 4. The molecule has 0 aliphatic rings. The first kappa shape index (κ1) is 13.5. The molecule has 0 aromatic carbocycles. The van der Waals surface area contributed by atoms with Crippen LogP contribution in [-0.2, 0) is 13.5 Å². The van der Waals surface area contributed by atoms with Crippen LogP contribution in [0.15, 0.2) is 34.7 Å². The lowest BCUT2D eigenvalue weighted by Crippen LogP contribution is -2.27. The van der Waals surface area contributed by atoms with E-state index in [4.69, 9.17) is 4.42 Å². The Labute approximate surface area is 124 Å². The average molecular weight is 303 g/mol. The Hall–Kier alpha value is -2.48. The van der Waals surface area contributed by atoms with Crippen LogP contribution in [0, 0.1) is 0 Å². The molecule has 0 fully saturated rings. The second-order valence-corrected chi connectivity index (χ2v) is 5.32. The highest BCUT2D eigenvalue weighted by atomic mass is 32.1. The number of oxazole rings is 1. The summed E-state index contributed by atoms with van der Waals surface area (Å²) in [5.74, 6) is 1.06. The van der Waals surface area contributed by atoms with Crippen molar-refractivity contribution >= 4 is 17.2 Å². The lowest BCUT2D eigenvalue weighted by atomic mass is 10.2. The van der Waals surface area contributed by atoms with Gasteiger partial charge in [-0.05, 0) is 11.4 Å². The topological polar surface area (TPSA) is 85.8 Å². The lowest BCUT2D eigenvalue weighted by molar-refractivity contribution is 0.0950. The normalized spacial score (nSPS) is 10.7. The van der Waals surface area contributed by atoms with E-state index in [-0.39, 0.29) is 5.91 Å². The van der Waals surface area contributed by atoms with Crippen molar-refractivity contribution in [1.29, 1.82) is 0 Å². The Balaban J connectivity index is 1.64. The highest BCUT2D eigenvalue weighted by Crippen LogP contribution is 2.27. The van der Waals surface area contributed by atoms with Crippen LogP contribution in [0.3, 0.4) is 0 Å². The van der Waals surface area contributed by atoms with E-state index in [1.807, 2.05) is 29.1 Å². The fourth-order valence-electron chi connectivity index (χ4n) is 1.90. The number of aromatic nitrogens is 4. The molecule has 108 valence electrons. The molecular formula is C13H13N5O2S. The van der Waals surface area contributed by atoms with Crippen LogP contribution >= 0.6 is 11.3 Å². The summed E-state index contributed by atoms with van der Waals surface area (Å²) in [6, 6.07) is 3.79. The first-order valence-electron chi connectivity index (χ1n) is 6.34. The number of hydrogen-bond acceptors (Lipinski definition) is 6. The summed E-state index contributed by atoms with van der Waals surface area (Å²) in [5, 5.41) is 12.5. The maximum absolute atomic E-state index is 12.2. The smallest absolute Gasteiger partial charge is 0.273 e. The van der Waals surface area contributed by atoms with Gasteiger partial charge in [-0.1, -0.05) is 6.07 Å². The summed E-state index contributed by atoms with van der Waals surface area (Å²) in [6.45, 7) is 0.460.